The number of rotatable bonds is 3. The van der Waals surface area contributed by atoms with Crippen LogP contribution in [0.2, 0.25) is 0 Å². The molecule has 21 heavy (non-hydrogen) atoms. The van der Waals surface area contributed by atoms with E-state index in [9.17, 15) is 4.79 Å². The average molecular weight is 290 g/mol. The van der Waals surface area contributed by atoms with Gasteiger partial charge >= 0.3 is 0 Å². The highest BCUT2D eigenvalue weighted by Crippen LogP contribution is 2.31. The summed E-state index contributed by atoms with van der Waals surface area (Å²) >= 11 is 0. The van der Waals surface area contributed by atoms with Crippen molar-refractivity contribution in [3.05, 3.63) is 24.3 Å². The fourth-order valence-electron chi connectivity index (χ4n) is 3.00. The van der Waals surface area contributed by atoms with E-state index in [0.717, 1.165) is 31.0 Å². The summed E-state index contributed by atoms with van der Waals surface area (Å²) in [5.74, 6) is 1.70. The van der Waals surface area contributed by atoms with E-state index in [4.69, 9.17) is 9.47 Å². The third-order valence-electron chi connectivity index (χ3n) is 4.28. The van der Waals surface area contributed by atoms with Crippen molar-refractivity contribution < 1.29 is 14.3 Å². The van der Waals surface area contributed by atoms with Crippen LogP contribution >= 0.6 is 0 Å². The average Bonchev–Trinajstić information content (AvgIpc) is 2.94. The molecule has 2 aliphatic heterocycles. The number of carbonyl (C=O) groups excluding carboxylic acids is 1. The first kappa shape index (κ1) is 14.2. The SMILES string of the molecule is CN(CC1COc2ccccc2O1)C(=O)C1(C)CCNC1. The van der Waals surface area contributed by atoms with Gasteiger partial charge in [-0.15, -0.1) is 0 Å². The molecular formula is C16H22N2O3. The summed E-state index contributed by atoms with van der Waals surface area (Å²) < 4.78 is 11.6. The molecule has 0 aromatic heterocycles. The predicted molar refractivity (Wildman–Crippen MR) is 79.6 cm³/mol. The summed E-state index contributed by atoms with van der Waals surface area (Å²) in [6, 6.07) is 7.63. The predicted octanol–water partition coefficient (Wildman–Crippen LogP) is 1.28. The molecule has 1 N–H and O–H groups in total. The topological polar surface area (TPSA) is 50.8 Å². The van der Waals surface area contributed by atoms with E-state index in [0.29, 0.717) is 13.2 Å². The molecule has 0 aliphatic carbocycles. The number of hydrogen-bond donors (Lipinski definition) is 1. The second kappa shape index (κ2) is 5.56. The number of hydrogen-bond acceptors (Lipinski definition) is 4. The Morgan fingerprint density at radius 3 is 2.90 bits per heavy atom. The summed E-state index contributed by atoms with van der Waals surface area (Å²) in [4.78, 5) is 14.3. The fraction of sp³-hybridized carbons (Fsp3) is 0.562. The first-order chi connectivity index (χ1) is 10.1. The number of nitrogens with one attached hydrogen (secondary N) is 1. The van der Waals surface area contributed by atoms with Crippen molar-refractivity contribution in [2.75, 3.05) is 33.3 Å². The largest absolute Gasteiger partial charge is 0.486 e. The van der Waals surface area contributed by atoms with Gasteiger partial charge in [0.15, 0.2) is 17.6 Å². The first-order valence-electron chi connectivity index (χ1n) is 7.43. The first-order valence-corrected chi connectivity index (χ1v) is 7.43. The summed E-state index contributed by atoms with van der Waals surface area (Å²) in [5.41, 5.74) is -0.290. The van der Waals surface area contributed by atoms with E-state index in [1.165, 1.54) is 0 Å². The number of carbonyl (C=O) groups is 1. The maximum atomic E-state index is 12.6. The van der Waals surface area contributed by atoms with Gasteiger partial charge in [-0.3, -0.25) is 4.79 Å². The van der Waals surface area contributed by atoms with E-state index >= 15 is 0 Å². The molecule has 2 atom stereocenters. The molecule has 3 rings (SSSR count). The zero-order valence-electron chi connectivity index (χ0n) is 12.6. The minimum Gasteiger partial charge on any atom is -0.486 e. The van der Waals surface area contributed by atoms with Crippen molar-refractivity contribution in [3.63, 3.8) is 0 Å². The number of amides is 1. The van der Waals surface area contributed by atoms with E-state index < -0.39 is 0 Å². The molecule has 1 aromatic carbocycles. The molecule has 2 aliphatic rings. The summed E-state index contributed by atoms with van der Waals surface area (Å²) in [7, 11) is 1.84. The number of benzene rings is 1. The maximum Gasteiger partial charge on any atom is 0.229 e. The van der Waals surface area contributed by atoms with Crippen LogP contribution in [0.4, 0.5) is 0 Å². The highest BCUT2D eigenvalue weighted by molar-refractivity contribution is 5.82. The Hall–Kier alpha value is -1.75. The fourth-order valence-corrected chi connectivity index (χ4v) is 3.00. The molecular weight excluding hydrogens is 268 g/mol. The molecule has 1 saturated heterocycles. The second-order valence-electron chi connectivity index (χ2n) is 6.17. The highest BCUT2D eigenvalue weighted by atomic mass is 16.6. The lowest BCUT2D eigenvalue weighted by atomic mass is 9.88. The zero-order valence-corrected chi connectivity index (χ0v) is 12.6. The van der Waals surface area contributed by atoms with Gasteiger partial charge in [0.25, 0.3) is 0 Å². The third kappa shape index (κ3) is 2.83. The van der Waals surface area contributed by atoms with Gasteiger partial charge in [-0.1, -0.05) is 12.1 Å². The standard InChI is InChI=1S/C16H22N2O3/c1-16(7-8-17-11-16)15(19)18(2)9-12-10-20-13-5-3-4-6-14(13)21-12/h3-6,12,17H,7-11H2,1-2H3. The van der Waals surface area contributed by atoms with Crippen molar-refractivity contribution in [2.45, 2.75) is 19.4 Å². The van der Waals surface area contributed by atoms with Crippen LogP contribution in [0.3, 0.4) is 0 Å². The Labute approximate surface area is 125 Å². The van der Waals surface area contributed by atoms with Crippen molar-refractivity contribution >= 4 is 5.91 Å². The molecule has 0 bridgehead atoms. The summed E-state index contributed by atoms with van der Waals surface area (Å²) in [6.45, 7) is 4.71. The van der Waals surface area contributed by atoms with Crippen LogP contribution in [0, 0.1) is 5.41 Å². The van der Waals surface area contributed by atoms with Crippen molar-refractivity contribution in [1.82, 2.24) is 10.2 Å². The van der Waals surface area contributed by atoms with Gasteiger partial charge in [0.05, 0.1) is 12.0 Å². The van der Waals surface area contributed by atoms with Crippen molar-refractivity contribution in [1.29, 1.82) is 0 Å². The molecule has 1 fully saturated rings. The van der Waals surface area contributed by atoms with E-state index in [1.54, 1.807) is 4.90 Å². The molecule has 1 amide bonds. The molecule has 0 radical (unpaired) electrons. The molecule has 0 spiro atoms. The van der Waals surface area contributed by atoms with E-state index in [2.05, 4.69) is 5.32 Å². The summed E-state index contributed by atoms with van der Waals surface area (Å²) in [6.07, 6.45) is 0.771. The number of ether oxygens (including phenoxy) is 2. The van der Waals surface area contributed by atoms with Crippen LogP contribution in [0.15, 0.2) is 24.3 Å². The molecule has 5 nitrogen and oxygen atoms in total. The third-order valence-corrected chi connectivity index (χ3v) is 4.28. The van der Waals surface area contributed by atoms with Gasteiger partial charge in [0, 0.05) is 13.6 Å². The van der Waals surface area contributed by atoms with Crippen LogP contribution in [-0.2, 0) is 4.79 Å². The Morgan fingerprint density at radius 2 is 2.19 bits per heavy atom. The maximum absolute atomic E-state index is 12.6. The highest BCUT2D eigenvalue weighted by Gasteiger charge is 2.39. The van der Waals surface area contributed by atoms with E-state index in [1.807, 2.05) is 38.2 Å². The Bertz CT molecular complexity index is 526. The quantitative estimate of drug-likeness (QED) is 0.911. The summed E-state index contributed by atoms with van der Waals surface area (Å²) in [5, 5.41) is 3.26. The molecule has 2 heterocycles. The van der Waals surface area contributed by atoms with Gasteiger partial charge in [-0.05, 0) is 32.0 Å². The van der Waals surface area contributed by atoms with Crippen LogP contribution in [-0.4, -0.2) is 50.2 Å². The van der Waals surface area contributed by atoms with Crippen molar-refractivity contribution in [2.24, 2.45) is 5.41 Å². The normalized spacial score (nSPS) is 27.4. The number of para-hydroxylation sites is 2. The van der Waals surface area contributed by atoms with Gasteiger partial charge in [-0.2, -0.15) is 0 Å². The zero-order chi connectivity index (χ0) is 14.9. The monoisotopic (exact) mass is 290 g/mol. The lowest BCUT2D eigenvalue weighted by Crippen LogP contribution is -2.47. The van der Waals surface area contributed by atoms with Crippen molar-refractivity contribution in [3.8, 4) is 11.5 Å². The smallest absolute Gasteiger partial charge is 0.229 e. The Balaban J connectivity index is 1.61. The molecule has 0 saturated carbocycles. The molecule has 114 valence electrons. The second-order valence-corrected chi connectivity index (χ2v) is 6.17. The number of likely N-dealkylation sites (N-methyl/N-ethyl adjacent to an activating group) is 1. The van der Waals surface area contributed by atoms with Gasteiger partial charge in [-0.25, -0.2) is 0 Å². The Kier molecular flexibility index (Phi) is 3.76. The number of nitrogens with zero attached hydrogens (tertiary/aromatic N) is 1. The minimum atomic E-state index is -0.290. The van der Waals surface area contributed by atoms with Crippen LogP contribution in [0.1, 0.15) is 13.3 Å². The minimum absolute atomic E-state index is 0.119. The lowest BCUT2D eigenvalue weighted by molar-refractivity contribution is -0.140. The Morgan fingerprint density at radius 1 is 1.43 bits per heavy atom. The molecule has 5 heteroatoms. The van der Waals surface area contributed by atoms with Gasteiger partial charge in [0.1, 0.15) is 6.61 Å². The van der Waals surface area contributed by atoms with E-state index in [-0.39, 0.29) is 17.4 Å². The number of fused-ring (bicyclic) bond motifs is 1. The van der Waals surface area contributed by atoms with Crippen LogP contribution in [0.5, 0.6) is 11.5 Å². The van der Waals surface area contributed by atoms with Crippen LogP contribution in [0.25, 0.3) is 0 Å². The van der Waals surface area contributed by atoms with Gasteiger partial charge in [0.2, 0.25) is 5.91 Å². The van der Waals surface area contributed by atoms with Crippen LogP contribution < -0.4 is 14.8 Å². The van der Waals surface area contributed by atoms with Gasteiger partial charge < -0.3 is 19.7 Å². The lowest BCUT2D eigenvalue weighted by Gasteiger charge is -2.33. The molecule has 1 aromatic rings. The molecule has 2 unspecified atom stereocenters.